The number of alkyl carbamates (subject to hydrolysis) is 1. The molecule has 1 aliphatic rings. The molecule has 1 amide bonds. The molecule has 0 bridgehead atoms. The summed E-state index contributed by atoms with van der Waals surface area (Å²) in [6.45, 7) is 0.101. The SMILES string of the molecule is O=C(NC1(C(=O)O)CCCC1Cc1ccc(Cl)cc1)OCc1ccccc1. The summed E-state index contributed by atoms with van der Waals surface area (Å²) in [6.07, 6.45) is 1.71. The third-order valence-electron chi connectivity index (χ3n) is 5.14. The Morgan fingerprint density at radius 2 is 1.81 bits per heavy atom. The number of halogens is 1. The highest BCUT2D eigenvalue weighted by Gasteiger charge is 2.50. The molecule has 0 aromatic heterocycles. The summed E-state index contributed by atoms with van der Waals surface area (Å²) in [7, 11) is 0. The van der Waals surface area contributed by atoms with E-state index in [0.29, 0.717) is 17.9 Å². The minimum absolute atomic E-state index is 0.101. The van der Waals surface area contributed by atoms with E-state index in [2.05, 4.69) is 5.32 Å². The molecular formula is C21H22ClNO4. The molecule has 2 atom stereocenters. The van der Waals surface area contributed by atoms with Crippen LogP contribution in [0.25, 0.3) is 0 Å². The first kappa shape index (κ1) is 19.2. The molecule has 27 heavy (non-hydrogen) atoms. The fraction of sp³-hybridized carbons (Fsp3) is 0.333. The highest BCUT2D eigenvalue weighted by atomic mass is 35.5. The summed E-state index contributed by atoms with van der Waals surface area (Å²) in [5.74, 6) is -1.23. The van der Waals surface area contributed by atoms with Crippen molar-refractivity contribution in [3.8, 4) is 0 Å². The molecule has 0 radical (unpaired) electrons. The molecular weight excluding hydrogens is 366 g/mol. The zero-order valence-corrected chi connectivity index (χ0v) is 15.6. The van der Waals surface area contributed by atoms with Crippen molar-refractivity contribution in [2.45, 2.75) is 37.8 Å². The predicted octanol–water partition coefficient (Wildman–Crippen LogP) is 4.43. The summed E-state index contributed by atoms with van der Waals surface area (Å²) in [6, 6.07) is 16.6. The van der Waals surface area contributed by atoms with Crippen LogP contribution in [0.3, 0.4) is 0 Å². The molecule has 0 spiro atoms. The van der Waals surface area contributed by atoms with E-state index in [0.717, 1.165) is 24.0 Å². The van der Waals surface area contributed by atoms with Crippen LogP contribution in [0, 0.1) is 5.92 Å². The topological polar surface area (TPSA) is 75.6 Å². The zero-order valence-electron chi connectivity index (χ0n) is 14.9. The first-order valence-electron chi connectivity index (χ1n) is 8.96. The average Bonchev–Trinajstić information content (AvgIpc) is 3.06. The van der Waals surface area contributed by atoms with Gasteiger partial charge in [0.15, 0.2) is 0 Å². The largest absolute Gasteiger partial charge is 0.479 e. The molecule has 2 N–H and O–H groups in total. The van der Waals surface area contributed by atoms with Gasteiger partial charge in [-0.25, -0.2) is 9.59 Å². The van der Waals surface area contributed by atoms with Crippen LogP contribution in [0.1, 0.15) is 30.4 Å². The number of aliphatic carboxylic acids is 1. The number of carbonyl (C=O) groups excluding carboxylic acids is 1. The zero-order chi connectivity index (χ0) is 19.3. The normalized spacial score (nSPS) is 21.6. The van der Waals surface area contributed by atoms with Crippen molar-refractivity contribution in [1.82, 2.24) is 5.32 Å². The van der Waals surface area contributed by atoms with Crippen molar-refractivity contribution in [3.63, 3.8) is 0 Å². The van der Waals surface area contributed by atoms with E-state index >= 15 is 0 Å². The molecule has 2 aromatic carbocycles. The summed E-state index contributed by atoms with van der Waals surface area (Å²) >= 11 is 5.92. The first-order valence-corrected chi connectivity index (χ1v) is 9.34. The van der Waals surface area contributed by atoms with E-state index in [1.165, 1.54) is 0 Å². The van der Waals surface area contributed by atoms with Gasteiger partial charge in [0, 0.05) is 5.02 Å². The smallest absolute Gasteiger partial charge is 0.408 e. The van der Waals surface area contributed by atoms with Crippen molar-refractivity contribution < 1.29 is 19.4 Å². The number of hydrogen-bond donors (Lipinski definition) is 2. The summed E-state index contributed by atoms with van der Waals surface area (Å²) in [4.78, 5) is 24.4. The number of carbonyl (C=O) groups is 2. The van der Waals surface area contributed by atoms with Gasteiger partial charge in [-0.15, -0.1) is 0 Å². The van der Waals surface area contributed by atoms with Crippen LogP contribution >= 0.6 is 11.6 Å². The lowest BCUT2D eigenvalue weighted by Gasteiger charge is -2.32. The molecule has 0 heterocycles. The van der Waals surface area contributed by atoms with Gasteiger partial charge in [0.1, 0.15) is 12.1 Å². The second kappa shape index (κ2) is 8.44. The predicted molar refractivity (Wildman–Crippen MR) is 103 cm³/mol. The van der Waals surface area contributed by atoms with E-state index in [1.807, 2.05) is 42.5 Å². The maximum Gasteiger partial charge on any atom is 0.408 e. The third-order valence-corrected chi connectivity index (χ3v) is 5.39. The van der Waals surface area contributed by atoms with Crippen molar-refractivity contribution >= 4 is 23.7 Å². The Bertz CT molecular complexity index is 794. The van der Waals surface area contributed by atoms with Crippen LogP contribution < -0.4 is 5.32 Å². The summed E-state index contributed by atoms with van der Waals surface area (Å²) in [5.41, 5.74) is 0.533. The quantitative estimate of drug-likeness (QED) is 0.768. The Kier molecular flexibility index (Phi) is 6.01. The van der Waals surface area contributed by atoms with Crippen LogP contribution in [0.15, 0.2) is 54.6 Å². The van der Waals surface area contributed by atoms with Crippen molar-refractivity contribution in [2.24, 2.45) is 5.92 Å². The lowest BCUT2D eigenvalue weighted by Crippen LogP contribution is -2.57. The molecule has 0 saturated heterocycles. The molecule has 2 unspecified atom stereocenters. The van der Waals surface area contributed by atoms with Crippen LogP contribution in [-0.4, -0.2) is 22.7 Å². The standard InChI is InChI=1S/C21H22ClNO4/c22-18-10-8-15(9-11-18)13-17-7-4-12-21(17,19(24)25)23-20(26)27-14-16-5-2-1-3-6-16/h1-3,5-6,8-11,17H,4,7,12-14H2,(H,23,26)(H,24,25). The van der Waals surface area contributed by atoms with Crippen LogP contribution in [0.2, 0.25) is 5.02 Å². The second-order valence-corrected chi connectivity index (χ2v) is 7.32. The number of amides is 1. The first-order chi connectivity index (χ1) is 13.0. The third kappa shape index (κ3) is 4.61. The van der Waals surface area contributed by atoms with Gasteiger partial charge >= 0.3 is 12.1 Å². The lowest BCUT2D eigenvalue weighted by atomic mass is 9.82. The minimum Gasteiger partial charge on any atom is -0.479 e. The number of carboxylic acids is 1. The van der Waals surface area contributed by atoms with Crippen molar-refractivity contribution in [1.29, 1.82) is 0 Å². The van der Waals surface area contributed by atoms with Crippen molar-refractivity contribution in [2.75, 3.05) is 0 Å². The maximum absolute atomic E-state index is 12.3. The van der Waals surface area contributed by atoms with Gasteiger partial charge in [-0.05, 0) is 48.4 Å². The molecule has 142 valence electrons. The molecule has 0 aliphatic heterocycles. The van der Waals surface area contributed by atoms with E-state index in [9.17, 15) is 14.7 Å². The molecule has 2 aromatic rings. The Hall–Kier alpha value is -2.53. The molecule has 1 aliphatic carbocycles. The lowest BCUT2D eigenvalue weighted by molar-refractivity contribution is -0.146. The molecule has 3 rings (SSSR count). The van der Waals surface area contributed by atoms with Gasteiger partial charge in [-0.3, -0.25) is 0 Å². The van der Waals surface area contributed by atoms with Gasteiger partial charge in [0.2, 0.25) is 0 Å². The Morgan fingerprint density at radius 3 is 2.48 bits per heavy atom. The highest BCUT2D eigenvalue weighted by Crippen LogP contribution is 2.38. The van der Waals surface area contributed by atoms with Crippen molar-refractivity contribution in [3.05, 3.63) is 70.7 Å². The fourth-order valence-electron chi connectivity index (χ4n) is 3.70. The number of ether oxygens (including phenoxy) is 1. The number of carboxylic acid groups (broad SMARTS) is 1. The maximum atomic E-state index is 12.3. The molecule has 5 nitrogen and oxygen atoms in total. The van der Waals surface area contributed by atoms with Crippen LogP contribution in [0.5, 0.6) is 0 Å². The highest BCUT2D eigenvalue weighted by molar-refractivity contribution is 6.30. The van der Waals surface area contributed by atoms with Crippen LogP contribution in [-0.2, 0) is 22.6 Å². The van der Waals surface area contributed by atoms with Gasteiger partial charge in [0.25, 0.3) is 0 Å². The molecule has 1 fully saturated rings. The number of benzene rings is 2. The van der Waals surface area contributed by atoms with E-state index in [-0.39, 0.29) is 12.5 Å². The van der Waals surface area contributed by atoms with E-state index < -0.39 is 17.6 Å². The number of hydrogen-bond acceptors (Lipinski definition) is 3. The fourth-order valence-corrected chi connectivity index (χ4v) is 3.83. The summed E-state index contributed by atoms with van der Waals surface area (Å²) in [5, 5.41) is 13.2. The minimum atomic E-state index is -1.31. The van der Waals surface area contributed by atoms with E-state index in [4.69, 9.17) is 16.3 Å². The number of nitrogens with one attached hydrogen (secondary N) is 1. The Morgan fingerprint density at radius 1 is 1.11 bits per heavy atom. The van der Waals surface area contributed by atoms with Gasteiger partial charge in [-0.1, -0.05) is 60.5 Å². The summed E-state index contributed by atoms with van der Waals surface area (Å²) < 4.78 is 5.25. The van der Waals surface area contributed by atoms with Crippen LogP contribution in [0.4, 0.5) is 4.79 Å². The van der Waals surface area contributed by atoms with Gasteiger partial charge < -0.3 is 15.2 Å². The average molecular weight is 388 g/mol. The molecule has 1 saturated carbocycles. The number of rotatable bonds is 6. The Balaban J connectivity index is 1.68. The Labute approximate surface area is 163 Å². The van der Waals surface area contributed by atoms with Gasteiger partial charge in [0.05, 0.1) is 0 Å². The molecule has 6 heteroatoms. The van der Waals surface area contributed by atoms with E-state index in [1.54, 1.807) is 12.1 Å². The second-order valence-electron chi connectivity index (χ2n) is 6.88. The van der Waals surface area contributed by atoms with Gasteiger partial charge in [-0.2, -0.15) is 0 Å². The monoisotopic (exact) mass is 387 g/mol.